The Kier molecular flexibility index (Phi) is 3.15. The van der Waals surface area contributed by atoms with Crippen LogP contribution in [0, 0.1) is 0 Å². The van der Waals surface area contributed by atoms with E-state index in [0.29, 0.717) is 10.6 Å². The number of benzene rings is 1. The van der Waals surface area contributed by atoms with Gasteiger partial charge in [-0.25, -0.2) is 0 Å². The van der Waals surface area contributed by atoms with E-state index >= 15 is 0 Å². The molecule has 0 aromatic heterocycles. The summed E-state index contributed by atoms with van der Waals surface area (Å²) in [6.45, 7) is 4.86. The molecule has 1 spiro atoms. The van der Waals surface area contributed by atoms with Crippen LogP contribution in [-0.2, 0) is 0 Å². The lowest BCUT2D eigenvalue weighted by Crippen LogP contribution is -2.67. The van der Waals surface area contributed by atoms with Crippen LogP contribution in [-0.4, -0.2) is 31.2 Å². The normalized spacial score (nSPS) is 21.2. The van der Waals surface area contributed by atoms with E-state index < -0.39 is 0 Å². The minimum absolute atomic E-state index is 0.0101. The number of rotatable bonds is 1. The van der Waals surface area contributed by atoms with Crippen molar-refractivity contribution in [1.29, 1.82) is 0 Å². The Morgan fingerprint density at radius 1 is 1.37 bits per heavy atom. The fourth-order valence-corrected chi connectivity index (χ4v) is 3.38. The predicted octanol–water partition coefficient (Wildman–Crippen LogP) is 1.99. The molecule has 2 aliphatic heterocycles. The number of fused-ring (bicyclic) bond motifs is 1. The van der Waals surface area contributed by atoms with Gasteiger partial charge in [-0.15, -0.1) is 0 Å². The lowest BCUT2D eigenvalue weighted by molar-refractivity contribution is 0.0852. The zero-order valence-corrected chi connectivity index (χ0v) is 11.8. The summed E-state index contributed by atoms with van der Waals surface area (Å²) < 4.78 is 0. The number of piperidine rings is 1. The van der Waals surface area contributed by atoms with E-state index in [1.165, 1.54) is 0 Å². The number of nitrogens with zero attached hydrogens (tertiary/aromatic N) is 1. The molecule has 3 rings (SSSR count). The first-order chi connectivity index (χ1) is 9.16. The molecule has 19 heavy (non-hydrogen) atoms. The Hall–Kier alpha value is -1.26. The molecule has 0 aliphatic carbocycles. The molecule has 0 radical (unpaired) electrons. The lowest BCUT2D eigenvalue weighted by Gasteiger charge is -2.51. The molecule has 1 aromatic rings. The van der Waals surface area contributed by atoms with E-state index in [9.17, 15) is 4.79 Å². The number of anilines is 1. The Morgan fingerprint density at radius 3 is 2.79 bits per heavy atom. The van der Waals surface area contributed by atoms with Gasteiger partial charge in [0.2, 0.25) is 0 Å². The molecular weight excluding hydrogens is 262 g/mol. The van der Waals surface area contributed by atoms with Crippen molar-refractivity contribution >= 4 is 23.2 Å². The van der Waals surface area contributed by atoms with Crippen LogP contribution in [0.15, 0.2) is 18.2 Å². The van der Waals surface area contributed by atoms with Crippen LogP contribution in [0.5, 0.6) is 0 Å². The Labute approximate surface area is 118 Å². The molecule has 2 N–H and O–H groups in total. The number of nitrogens with one attached hydrogen (secondary N) is 2. The van der Waals surface area contributed by atoms with Crippen molar-refractivity contribution in [3.63, 3.8) is 0 Å². The molecule has 5 heteroatoms. The number of carbonyl (C=O) groups is 1. The molecule has 102 valence electrons. The predicted molar refractivity (Wildman–Crippen MR) is 76.8 cm³/mol. The molecule has 4 nitrogen and oxygen atoms in total. The van der Waals surface area contributed by atoms with Crippen LogP contribution < -0.4 is 15.5 Å². The summed E-state index contributed by atoms with van der Waals surface area (Å²) in [5, 5.41) is 7.16. The van der Waals surface area contributed by atoms with Crippen molar-refractivity contribution in [3.8, 4) is 0 Å². The van der Waals surface area contributed by atoms with Gasteiger partial charge in [-0.2, -0.15) is 0 Å². The summed E-state index contributed by atoms with van der Waals surface area (Å²) >= 11 is 6.00. The van der Waals surface area contributed by atoms with Gasteiger partial charge in [0.25, 0.3) is 5.91 Å². The van der Waals surface area contributed by atoms with Crippen molar-refractivity contribution < 1.29 is 4.79 Å². The second-order valence-electron chi connectivity index (χ2n) is 5.14. The molecule has 1 amide bonds. The monoisotopic (exact) mass is 279 g/mol. The fourth-order valence-electron chi connectivity index (χ4n) is 3.21. The van der Waals surface area contributed by atoms with Gasteiger partial charge in [0, 0.05) is 24.4 Å². The molecule has 1 fully saturated rings. The van der Waals surface area contributed by atoms with Crippen LogP contribution in [0.3, 0.4) is 0 Å². The number of hydrogen-bond acceptors (Lipinski definition) is 3. The number of amides is 1. The molecule has 1 aromatic carbocycles. The van der Waals surface area contributed by atoms with E-state index in [0.717, 1.165) is 38.2 Å². The highest BCUT2D eigenvalue weighted by Crippen LogP contribution is 2.36. The van der Waals surface area contributed by atoms with Crippen LogP contribution >= 0.6 is 11.6 Å². The fraction of sp³-hybridized carbons (Fsp3) is 0.500. The molecule has 2 aliphatic rings. The van der Waals surface area contributed by atoms with E-state index in [4.69, 9.17) is 11.6 Å². The smallest absolute Gasteiger partial charge is 0.255 e. The quantitative estimate of drug-likeness (QED) is 0.826. The van der Waals surface area contributed by atoms with Crippen molar-refractivity contribution in [1.82, 2.24) is 10.6 Å². The average molecular weight is 280 g/mol. The molecule has 0 atom stereocenters. The summed E-state index contributed by atoms with van der Waals surface area (Å²) in [7, 11) is 0. The Morgan fingerprint density at radius 2 is 2.11 bits per heavy atom. The second kappa shape index (κ2) is 4.69. The van der Waals surface area contributed by atoms with Crippen LogP contribution in [0.1, 0.15) is 30.1 Å². The topological polar surface area (TPSA) is 44.4 Å². The van der Waals surface area contributed by atoms with Crippen molar-refractivity contribution in [2.75, 3.05) is 24.5 Å². The van der Waals surface area contributed by atoms with Gasteiger partial charge in [0.1, 0.15) is 5.66 Å². The largest absolute Gasteiger partial charge is 0.348 e. The van der Waals surface area contributed by atoms with Gasteiger partial charge in [0.05, 0.1) is 11.3 Å². The molecule has 0 unspecified atom stereocenters. The second-order valence-corrected chi connectivity index (χ2v) is 5.58. The minimum atomic E-state index is -0.238. The third kappa shape index (κ3) is 1.99. The number of carbonyl (C=O) groups excluding carboxylic acids is 1. The van der Waals surface area contributed by atoms with Gasteiger partial charge >= 0.3 is 0 Å². The standard InChI is InChI=1S/C14H18ClN3O/c1-2-18-12-4-3-10(15)9-11(12)13(19)17-14(18)5-7-16-8-6-14/h3-4,9,16H,2,5-8H2,1H3,(H,17,19). The molecular formula is C14H18ClN3O. The summed E-state index contributed by atoms with van der Waals surface area (Å²) in [6, 6.07) is 5.57. The van der Waals surface area contributed by atoms with Crippen LogP contribution in [0.2, 0.25) is 5.02 Å². The molecule has 0 bridgehead atoms. The Bertz CT molecular complexity index is 511. The van der Waals surface area contributed by atoms with Crippen molar-refractivity contribution in [2.24, 2.45) is 0 Å². The molecule has 0 saturated carbocycles. The van der Waals surface area contributed by atoms with Gasteiger partial charge in [-0.05, 0) is 38.2 Å². The van der Waals surface area contributed by atoms with Crippen LogP contribution in [0.4, 0.5) is 5.69 Å². The zero-order chi connectivity index (χ0) is 13.5. The van der Waals surface area contributed by atoms with E-state index in [2.05, 4.69) is 22.5 Å². The third-order valence-electron chi connectivity index (χ3n) is 4.10. The zero-order valence-electron chi connectivity index (χ0n) is 11.0. The maximum Gasteiger partial charge on any atom is 0.255 e. The highest BCUT2D eigenvalue weighted by Gasteiger charge is 2.43. The first-order valence-electron chi connectivity index (χ1n) is 6.77. The highest BCUT2D eigenvalue weighted by atomic mass is 35.5. The van der Waals surface area contributed by atoms with E-state index in [1.54, 1.807) is 6.07 Å². The van der Waals surface area contributed by atoms with Gasteiger partial charge in [0.15, 0.2) is 0 Å². The van der Waals surface area contributed by atoms with Crippen LogP contribution in [0.25, 0.3) is 0 Å². The number of hydrogen-bond donors (Lipinski definition) is 2. The highest BCUT2D eigenvalue weighted by molar-refractivity contribution is 6.31. The summed E-state index contributed by atoms with van der Waals surface area (Å²) in [5.74, 6) is -0.0101. The Balaban J connectivity index is 2.08. The molecule has 1 saturated heterocycles. The van der Waals surface area contributed by atoms with Gasteiger partial charge in [-0.3, -0.25) is 4.79 Å². The average Bonchev–Trinajstić information content (AvgIpc) is 2.41. The van der Waals surface area contributed by atoms with E-state index in [1.807, 2.05) is 12.1 Å². The number of halogens is 1. The first kappa shape index (κ1) is 12.8. The first-order valence-corrected chi connectivity index (χ1v) is 7.14. The SMILES string of the molecule is CCN1c2ccc(Cl)cc2C(=O)NC12CCNCC2. The van der Waals surface area contributed by atoms with E-state index in [-0.39, 0.29) is 11.6 Å². The van der Waals surface area contributed by atoms with Crippen molar-refractivity contribution in [2.45, 2.75) is 25.4 Å². The minimum Gasteiger partial charge on any atom is -0.348 e. The lowest BCUT2D eigenvalue weighted by atomic mass is 9.91. The summed E-state index contributed by atoms with van der Waals surface area (Å²) in [6.07, 6.45) is 1.85. The van der Waals surface area contributed by atoms with Gasteiger partial charge < -0.3 is 15.5 Å². The molecule has 2 heterocycles. The summed E-state index contributed by atoms with van der Waals surface area (Å²) in [5.41, 5.74) is 1.44. The van der Waals surface area contributed by atoms with Crippen molar-refractivity contribution in [3.05, 3.63) is 28.8 Å². The van der Waals surface area contributed by atoms with Gasteiger partial charge in [-0.1, -0.05) is 11.6 Å². The summed E-state index contributed by atoms with van der Waals surface area (Å²) in [4.78, 5) is 14.7. The maximum absolute atomic E-state index is 12.4. The maximum atomic E-state index is 12.4. The third-order valence-corrected chi connectivity index (χ3v) is 4.34.